The first-order valence-corrected chi connectivity index (χ1v) is 24.3. The fourth-order valence-corrected chi connectivity index (χ4v) is 16.8. The molecule has 0 radical (unpaired) electrons. The normalized spacial score (nSPS) is 13.6. The van der Waals surface area contributed by atoms with E-state index in [-0.39, 0.29) is 0 Å². The van der Waals surface area contributed by atoms with Gasteiger partial charge in [0.1, 0.15) is 8.80 Å². The SMILES string of the molecule is c1ccc([SiH]2c3ccccc3-c3c2ccc2sc4cccc(-c5ccc(N(c6cccc7c6sc6ccccc67)c6cccc7c6sc6ccccc67)cc5)c4c32)cc1. The molecule has 0 fully saturated rings. The molecule has 9 aromatic carbocycles. The van der Waals surface area contributed by atoms with Crippen molar-refractivity contribution in [2.45, 2.75) is 0 Å². The van der Waals surface area contributed by atoms with Crippen LogP contribution in [0.4, 0.5) is 17.1 Å². The van der Waals surface area contributed by atoms with E-state index in [2.05, 4.69) is 199 Å². The Morgan fingerprint density at radius 3 is 1.63 bits per heavy atom. The second-order valence-electron chi connectivity index (χ2n) is 15.5. The Kier molecular flexibility index (Phi) is 7.45. The number of rotatable bonds is 5. The van der Waals surface area contributed by atoms with Gasteiger partial charge in [-0.15, -0.1) is 34.0 Å². The van der Waals surface area contributed by atoms with E-state index in [0.717, 1.165) is 5.69 Å². The highest BCUT2D eigenvalue weighted by molar-refractivity contribution is 7.27. The fraction of sp³-hybridized carbons (Fsp3) is 0. The lowest BCUT2D eigenvalue weighted by Crippen LogP contribution is -2.48. The molecule has 1 aliphatic rings. The van der Waals surface area contributed by atoms with Crippen LogP contribution in [0.3, 0.4) is 0 Å². The molecule has 1 unspecified atom stereocenters. The molecule has 0 amide bonds. The Balaban J connectivity index is 1.02. The Bertz CT molecular complexity index is 3520. The third-order valence-corrected chi connectivity index (χ3v) is 19.2. The standard InChI is InChI=1S/C54H33NS3Si/c1-2-13-35(14-3-1)59-48-26-9-6-17-41(48)51-49(59)32-31-47-52(51)50-36(18-12-25-46(50)56-47)33-27-29-34(30-28-33)55(42-21-10-19-39-37-15-4-7-23-44(37)57-53(39)42)43-22-11-20-40-38-16-5-8-24-45(38)58-54(40)43/h1-32,59H. The molecule has 276 valence electrons. The minimum atomic E-state index is -1.62. The molecular formula is C54H33NS3Si. The van der Waals surface area contributed by atoms with Crippen LogP contribution < -0.4 is 20.5 Å². The van der Waals surface area contributed by atoms with Gasteiger partial charge in [0.25, 0.3) is 0 Å². The minimum Gasteiger partial charge on any atom is -0.308 e. The van der Waals surface area contributed by atoms with E-state index < -0.39 is 8.80 Å². The van der Waals surface area contributed by atoms with Crippen LogP contribution >= 0.6 is 34.0 Å². The molecule has 1 nitrogen and oxygen atoms in total. The zero-order chi connectivity index (χ0) is 38.6. The second kappa shape index (κ2) is 13.1. The van der Waals surface area contributed by atoms with E-state index in [9.17, 15) is 0 Å². The van der Waals surface area contributed by atoms with Crippen LogP contribution in [0, 0.1) is 0 Å². The summed E-state index contributed by atoms with van der Waals surface area (Å²) in [6.45, 7) is 0. The van der Waals surface area contributed by atoms with Crippen LogP contribution in [0.2, 0.25) is 0 Å². The molecule has 12 aromatic rings. The summed E-state index contributed by atoms with van der Waals surface area (Å²) in [5, 5.41) is 12.6. The highest BCUT2D eigenvalue weighted by Gasteiger charge is 2.33. The van der Waals surface area contributed by atoms with E-state index in [1.54, 1.807) is 0 Å². The van der Waals surface area contributed by atoms with Crippen LogP contribution in [0.25, 0.3) is 82.8 Å². The first-order chi connectivity index (χ1) is 29.3. The van der Waals surface area contributed by atoms with E-state index in [4.69, 9.17) is 0 Å². The van der Waals surface area contributed by atoms with Crippen molar-refractivity contribution in [2.75, 3.05) is 4.90 Å². The average Bonchev–Trinajstić information content (AvgIpc) is 4.06. The first-order valence-electron chi connectivity index (χ1n) is 20.1. The lowest BCUT2D eigenvalue weighted by atomic mass is 9.94. The van der Waals surface area contributed by atoms with Gasteiger partial charge in [0.05, 0.1) is 20.8 Å². The smallest absolute Gasteiger partial charge is 0.134 e. The van der Waals surface area contributed by atoms with Gasteiger partial charge in [-0.1, -0.05) is 151 Å². The van der Waals surface area contributed by atoms with Crippen molar-refractivity contribution in [1.29, 1.82) is 0 Å². The van der Waals surface area contributed by atoms with Gasteiger partial charge in [-0.3, -0.25) is 0 Å². The van der Waals surface area contributed by atoms with Gasteiger partial charge in [-0.05, 0) is 81.2 Å². The van der Waals surface area contributed by atoms with Crippen LogP contribution in [0.15, 0.2) is 194 Å². The molecule has 5 heteroatoms. The summed E-state index contributed by atoms with van der Waals surface area (Å²) in [6, 6.07) is 72.9. The summed E-state index contributed by atoms with van der Waals surface area (Å²) >= 11 is 5.70. The summed E-state index contributed by atoms with van der Waals surface area (Å²) in [7, 11) is -1.62. The van der Waals surface area contributed by atoms with Gasteiger partial charge in [0.2, 0.25) is 0 Å². The van der Waals surface area contributed by atoms with Gasteiger partial charge >= 0.3 is 0 Å². The van der Waals surface area contributed by atoms with Gasteiger partial charge in [-0.2, -0.15) is 0 Å². The van der Waals surface area contributed by atoms with E-state index in [1.165, 1.54) is 110 Å². The van der Waals surface area contributed by atoms with Crippen molar-refractivity contribution >= 4 is 136 Å². The quantitative estimate of drug-likeness (QED) is 0.156. The number of benzene rings is 9. The molecule has 13 rings (SSSR count). The van der Waals surface area contributed by atoms with Crippen molar-refractivity contribution in [3.05, 3.63) is 194 Å². The second-order valence-corrected chi connectivity index (χ2v) is 21.5. The molecular weight excluding hydrogens is 787 g/mol. The molecule has 0 aliphatic carbocycles. The zero-order valence-corrected chi connectivity index (χ0v) is 35.3. The first kappa shape index (κ1) is 33.6. The van der Waals surface area contributed by atoms with E-state index in [0.29, 0.717) is 0 Å². The maximum atomic E-state index is 2.51. The van der Waals surface area contributed by atoms with Crippen molar-refractivity contribution in [3.8, 4) is 22.3 Å². The van der Waals surface area contributed by atoms with Gasteiger partial charge in [0.15, 0.2) is 0 Å². The average molecular weight is 820 g/mol. The maximum absolute atomic E-state index is 2.51. The Labute approximate surface area is 354 Å². The summed E-state index contributed by atoms with van der Waals surface area (Å²) in [6.07, 6.45) is 0. The third-order valence-electron chi connectivity index (χ3n) is 12.4. The van der Waals surface area contributed by atoms with E-state index >= 15 is 0 Å². The van der Waals surface area contributed by atoms with Crippen molar-refractivity contribution < 1.29 is 0 Å². The summed E-state index contributed by atoms with van der Waals surface area (Å²) in [4.78, 5) is 2.51. The van der Waals surface area contributed by atoms with Crippen molar-refractivity contribution in [2.24, 2.45) is 0 Å². The molecule has 1 atom stereocenters. The third kappa shape index (κ3) is 5.00. The van der Waals surface area contributed by atoms with E-state index in [1.807, 2.05) is 34.0 Å². The molecule has 3 aromatic heterocycles. The highest BCUT2D eigenvalue weighted by atomic mass is 32.1. The van der Waals surface area contributed by atoms with Crippen LogP contribution in [0.1, 0.15) is 0 Å². The summed E-state index contributed by atoms with van der Waals surface area (Å²) in [5.74, 6) is 0. The molecule has 0 spiro atoms. The lowest BCUT2D eigenvalue weighted by Gasteiger charge is -2.27. The van der Waals surface area contributed by atoms with Crippen LogP contribution in [0.5, 0.6) is 0 Å². The molecule has 0 bridgehead atoms. The largest absolute Gasteiger partial charge is 0.308 e. The predicted octanol–water partition coefficient (Wildman–Crippen LogP) is 14.2. The Morgan fingerprint density at radius 1 is 0.356 bits per heavy atom. The molecule has 0 saturated heterocycles. The van der Waals surface area contributed by atoms with Crippen molar-refractivity contribution in [3.63, 3.8) is 0 Å². The monoisotopic (exact) mass is 819 g/mol. The highest BCUT2D eigenvalue weighted by Crippen LogP contribution is 2.50. The zero-order valence-electron chi connectivity index (χ0n) is 31.7. The number of anilines is 3. The maximum Gasteiger partial charge on any atom is 0.134 e. The molecule has 1 aliphatic heterocycles. The summed E-state index contributed by atoms with van der Waals surface area (Å²) in [5.41, 5.74) is 8.96. The minimum absolute atomic E-state index is 1.15. The Hall–Kier alpha value is -6.34. The summed E-state index contributed by atoms with van der Waals surface area (Å²) < 4.78 is 7.93. The lowest BCUT2D eigenvalue weighted by molar-refractivity contribution is 1.32. The number of hydrogen-bond acceptors (Lipinski definition) is 4. The van der Waals surface area contributed by atoms with Gasteiger partial charge in [0, 0.05) is 56.8 Å². The Morgan fingerprint density at radius 2 is 0.915 bits per heavy atom. The predicted molar refractivity (Wildman–Crippen MR) is 263 cm³/mol. The topological polar surface area (TPSA) is 3.24 Å². The van der Waals surface area contributed by atoms with Crippen LogP contribution in [-0.2, 0) is 0 Å². The number of thiophene rings is 3. The van der Waals surface area contributed by atoms with Gasteiger partial charge in [-0.25, -0.2) is 0 Å². The number of hydrogen-bond donors (Lipinski definition) is 0. The fourth-order valence-electron chi connectivity index (χ4n) is 9.86. The van der Waals surface area contributed by atoms with Gasteiger partial charge < -0.3 is 4.90 Å². The number of fused-ring (bicyclic) bond motifs is 13. The molecule has 0 N–H and O–H groups in total. The number of nitrogens with zero attached hydrogens (tertiary/aromatic N) is 1. The van der Waals surface area contributed by atoms with Crippen LogP contribution in [-0.4, -0.2) is 8.80 Å². The molecule has 4 heterocycles. The van der Waals surface area contributed by atoms with Crippen molar-refractivity contribution in [1.82, 2.24) is 0 Å². The molecule has 0 saturated carbocycles. The molecule has 59 heavy (non-hydrogen) atoms.